The van der Waals surface area contributed by atoms with Gasteiger partial charge in [0.1, 0.15) is 6.04 Å². The normalized spacial score (nSPS) is 20.0. The van der Waals surface area contributed by atoms with E-state index in [1.54, 1.807) is 12.1 Å². The molecule has 1 fully saturated rings. The minimum atomic E-state index is -0.407. The number of hydrogen-bond donors (Lipinski definition) is 0. The van der Waals surface area contributed by atoms with Gasteiger partial charge in [0.05, 0.1) is 18.7 Å². The molecule has 0 spiro atoms. The number of ether oxygens (including phenoxy) is 1. The van der Waals surface area contributed by atoms with Gasteiger partial charge >= 0.3 is 5.97 Å². The van der Waals surface area contributed by atoms with E-state index in [1.165, 1.54) is 7.11 Å². The molecule has 0 aromatic heterocycles. The van der Waals surface area contributed by atoms with E-state index < -0.39 is 6.04 Å². The number of thioether (sulfide) groups is 1. The lowest BCUT2D eigenvalue weighted by atomic mass is 10.0. The van der Waals surface area contributed by atoms with Gasteiger partial charge in [-0.25, -0.2) is 4.79 Å². The third-order valence-corrected chi connectivity index (χ3v) is 4.65. The van der Waals surface area contributed by atoms with Crippen LogP contribution in [0.5, 0.6) is 0 Å². The fraction of sp³-hybridized carbons (Fsp3) is 0.500. The van der Waals surface area contributed by atoms with Crippen molar-refractivity contribution in [1.82, 2.24) is 4.90 Å². The van der Waals surface area contributed by atoms with Gasteiger partial charge in [-0.3, -0.25) is 4.90 Å². The van der Waals surface area contributed by atoms with Crippen LogP contribution in [0.1, 0.15) is 23.6 Å². The van der Waals surface area contributed by atoms with Gasteiger partial charge in [0.25, 0.3) is 0 Å². The monoisotopic (exact) mass is 304 g/mol. The fourth-order valence-corrected chi connectivity index (χ4v) is 3.60. The molecule has 21 heavy (non-hydrogen) atoms. The Morgan fingerprint density at radius 3 is 3.10 bits per heavy atom. The number of nitrogens with zero attached hydrogens (tertiary/aromatic N) is 2. The predicted molar refractivity (Wildman–Crippen MR) is 84.0 cm³/mol. The van der Waals surface area contributed by atoms with Crippen molar-refractivity contribution >= 4 is 17.7 Å². The molecular weight excluding hydrogens is 284 g/mol. The third-order valence-electron chi connectivity index (χ3n) is 3.84. The van der Waals surface area contributed by atoms with Gasteiger partial charge in [0.15, 0.2) is 0 Å². The molecule has 1 aromatic rings. The lowest BCUT2D eigenvalue weighted by molar-refractivity contribution is -0.147. The summed E-state index contributed by atoms with van der Waals surface area (Å²) >= 11 is 1.84. The molecule has 2 atom stereocenters. The molecule has 5 heteroatoms. The Balaban J connectivity index is 2.23. The number of hydrogen-bond acceptors (Lipinski definition) is 5. The summed E-state index contributed by atoms with van der Waals surface area (Å²) in [5.41, 5.74) is 1.41. The summed E-state index contributed by atoms with van der Waals surface area (Å²) in [5, 5.41) is 9.03. The van der Waals surface area contributed by atoms with E-state index >= 15 is 0 Å². The highest BCUT2D eigenvalue weighted by molar-refractivity contribution is 7.98. The van der Waals surface area contributed by atoms with Crippen LogP contribution in [0.3, 0.4) is 0 Å². The van der Waals surface area contributed by atoms with E-state index in [0.29, 0.717) is 11.5 Å². The van der Waals surface area contributed by atoms with Crippen LogP contribution < -0.4 is 0 Å². The lowest BCUT2D eigenvalue weighted by Crippen LogP contribution is -2.33. The van der Waals surface area contributed by atoms with E-state index in [-0.39, 0.29) is 5.97 Å². The Morgan fingerprint density at radius 2 is 2.43 bits per heavy atom. The second kappa shape index (κ2) is 7.48. The molecule has 0 amide bonds. The van der Waals surface area contributed by atoms with Gasteiger partial charge < -0.3 is 4.74 Å². The summed E-state index contributed by atoms with van der Waals surface area (Å²) < 4.78 is 4.98. The Kier molecular flexibility index (Phi) is 5.66. The van der Waals surface area contributed by atoms with Gasteiger partial charge in [-0.05, 0) is 48.6 Å². The van der Waals surface area contributed by atoms with Crippen LogP contribution >= 0.6 is 11.8 Å². The van der Waals surface area contributed by atoms with Crippen LogP contribution in [0, 0.1) is 17.2 Å². The molecule has 0 N–H and O–H groups in total. The number of nitriles is 1. The largest absolute Gasteiger partial charge is 0.468 e. The van der Waals surface area contributed by atoms with Crippen molar-refractivity contribution in [2.75, 3.05) is 32.2 Å². The average molecular weight is 304 g/mol. The Bertz CT molecular complexity index is 541. The van der Waals surface area contributed by atoms with Crippen molar-refractivity contribution in [1.29, 1.82) is 5.26 Å². The molecule has 0 saturated carbocycles. The number of carbonyl (C=O) groups is 1. The van der Waals surface area contributed by atoms with Gasteiger partial charge in [-0.2, -0.15) is 17.0 Å². The van der Waals surface area contributed by atoms with Gasteiger partial charge in [0, 0.05) is 6.54 Å². The molecule has 2 unspecified atom stereocenters. The van der Waals surface area contributed by atoms with Gasteiger partial charge in [0.2, 0.25) is 0 Å². The minimum absolute atomic E-state index is 0.255. The highest BCUT2D eigenvalue weighted by atomic mass is 32.2. The van der Waals surface area contributed by atoms with E-state index in [9.17, 15) is 4.79 Å². The first-order chi connectivity index (χ1) is 10.2. The Hall–Kier alpha value is -1.51. The van der Waals surface area contributed by atoms with Crippen LogP contribution in [-0.2, 0) is 9.53 Å². The molecule has 1 aliphatic rings. The summed E-state index contributed by atoms with van der Waals surface area (Å²) in [6, 6.07) is 8.96. The van der Waals surface area contributed by atoms with Crippen LogP contribution in [0.2, 0.25) is 0 Å². The summed E-state index contributed by atoms with van der Waals surface area (Å²) in [7, 11) is 1.42. The topological polar surface area (TPSA) is 53.3 Å². The van der Waals surface area contributed by atoms with Crippen LogP contribution in [-0.4, -0.2) is 43.1 Å². The predicted octanol–water partition coefficient (Wildman–Crippen LogP) is 2.46. The lowest BCUT2D eigenvalue weighted by Gasteiger charge is -2.26. The third kappa shape index (κ3) is 3.78. The summed E-state index contributed by atoms with van der Waals surface area (Å²) in [6.07, 6.45) is 3.21. The molecule has 1 heterocycles. The molecular formula is C16H20N2O2S. The number of rotatable bonds is 5. The van der Waals surface area contributed by atoms with Gasteiger partial charge in [-0.1, -0.05) is 12.1 Å². The van der Waals surface area contributed by atoms with E-state index in [1.807, 2.05) is 23.9 Å². The van der Waals surface area contributed by atoms with Crippen LogP contribution in [0.25, 0.3) is 0 Å². The number of benzene rings is 1. The fourth-order valence-electron chi connectivity index (χ4n) is 2.85. The van der Waals surface area contributed by atoms with Gasteiger partial charge in [-0.15, -0.1) is 0 Å². The van der Waals surface area contributed by atoms with E-state index in [2.05, 4.69) is 17.2 Å². The van der Waals surface area contributed by atoms with Crippen molar-refractivity contribution in [3.8, 4) is 6.07 Å². The van der Waals surface area contributed by atoms with E-state index in [4.69, 9.17) is 10.00 Å². The van der Waals surface area contributed by atoms with Crippen molar-refractivity contribution < 1.29 is 9.53 Å². The maximum atomic E-state index is 12.2. The standard InChI is InChI=1S/C16H20N2O2S/c1-20-16(19)15(14-5-3-4-12(8-14)9-17)18-7-6-13(10-18)11-21-2/h3-5,8,13,15H,6-7,10-11H2,1-2H3. The Morgan fingerprint density at radius 1 is 1.62 bits per heavy atom. The van der Waals surface area contributed by atoms with Crippen molar-refractivity contribution in [2.45, 2.75) is 12.5 Å². The number of esters is 1. The second-order valence-electron chi connectivity index (χ2n) is 5.27. The number of carbonyl (C=O) groups excluding carboxylic acids is 1. The second-order valence-corrected chi connectivity index (χ2v) is 6.18. The summed E-state index contributed by atoms with van der Waals surface area (Å²) in [6.45, 7) is 1.79. The number of methoxy groups -OCH3 is 1. The van der Waals surface area contributed by atoms with Crippen molar-refractivity contribution in [3.05, 3.63) is 35.4 Å². The zero-order chi connectivity index (χ0) is 15.2. The summed E-state index contributed by atoms with van der Waals surface area (Å²) in [4.78, 5) is 14.4. The first-order valence-electron chi connectivity index (χ1n) is 7.00. The van der Waals surface area contributed by atoms with Crippen LogP contribution in [0.15, 0.2) is 24.3 Å². The molecule has 112 valence electrons. The quantitative estimate of drug-likeness (QED) is 0.782. The molecule has 1 aromatic carbocycles. The zero-order valence-electron chi connectivity index (χ0n) is 12.4. The van der Waals surface area contributed by atoms with Crippen molar-refractivity contribution in [3.63, 3.8) is 0 Å². The molecule has 0 aliphatic carbocycles. The molecule has 0 radical (unpaired) electrons. The maximum absolute atomic E-state index is 12.2. The smallest absolute Gasteiger partial charge is 0.327 e. The molecule has 1 saturated heterocycles. The highest BCUT2D eigenvalue weighted by Crippen LogP contribution is 2.30. The minimum Gasteiger partial charge on any atom is -0.468 e. The zero-order valence-corrected chi connectivity index (χ0v) is 13.2. The Labute approximate surface area is 130 Å². The first kappa shape index (κ1) is 15.9. The number of likely N-dealkylation sites (tertiary alicyclic amines) is 1. The molecule has 4 nitrogen and oxygen atoms in total. The average Bonchev–Trinajstić information content (AvgIpc) is 2.96. The highest BCUT2D eigenvalue weighted by Gasteiger charge is 2.34. The molecule has 2 rings (SSSR count). The SMILES string of the molecule is COC(=O)C(c1cccc(C#N)c1)N1CCC(CSC)C1. The van der Waals surface area contributed by atoms with Crippen LogP contribution in [0.4, 0.5) is 0 Å². The molecule has 1 aliphatic heterocycles. The molecule has 0 bridgehead atoms. The summed E-state index contributed by atoms with van der Waals surface area (Å²) in [5.74, 6) is 1.48. The van der Waals surface area contributed by atoms with E-state index in [0.717, 1.165) is 30.8 Å². The maximum Gasteiger partial charge on any atom is 0.327 e. The first-order valence-corrected chi connectivity index (χ1v) is 8.39. The van der Waals surface area contributed by atoms with Crippen molar-refractivity contribution in [2.24, 2.45) is 5.92 Å².